The normalized spacial score (nSPS) is 29.3. The zero-order valence-corrected chi connectivity index (χ0v) is 12.8. The number of hydrogen-bond donors (Lipinski definition) is 4. The Hall–Kier alpha value is -1.29. The van der Waals surface area contributed by atoms with Gasteiger partial charge in [-0.3, -0.25) is 0 Å². The van der Waals surface area contributed by atoms with E-state index in [0.29, 0.717) is 15.9 Å². The number of aliphatic hydroxyl groups excluding tert-OH is 3. The van der Waals surface area contributed by atoms with Crippen LogP contribution >= 0.6 is 0 Å². The van der Waals surface area contributed by atoms with Gasteiger partial charge < -0.3 is 0 Å². The zero-order valence-electron chi connectivity index (χ0n) is 11.1. The number of ether oxygens (including phenoxy) is 1. The third-order valence-electron chi connectivity index (χ3n) is 3.43. The van der Waals surface area contributed by atoms with Crippen molar-refractivity contribution >= 4 is 36.7 Å². The summed E-state index contributed by atoms with van der Waals surface area (Å²) in [6, 6.07) is 0. The monoisotopic (exact) mass is 361 g/mol. The van der Waals surface area contributed by atoms with Gasteiger partial charge in [0.15, 0.2) is 0 Å². The summed E-state index contributed by atoms with van der Waals surface area (Å²) >= 11 is -0.0154. The molecule has 5 N–H and O–H groups in total. The average molecular weight is 360 g/mol. The molecule has 21 heavy (non-hydrogen) atoms. The van der Waals surface area contributed by atoms with Crippen LogP contribution in [0.2, 0.25) is 5.82 Å². The number of nitrogens with zero attached hydrogens (tertiary/aromatic N) is 4. The van der Waals surface area contributed by atoms with E-state index in [1.54, 1.807) is 4.57 Å². The van der Waals surface area contributed by atoms with Crippen LogP contribution in [0.1, 0.15) is 6.23 Å². The van der Waals surface area contributed by atoms with E-state index in [2.05, 4.69) is 15.0 Å². The number of aliphatic hydroxyl groups is 3. The predicted octanol–water partition coefficient (Wildman–Crippen LogP) is -2.60. The summed E-state index contributed by atoms with van der Waals surface area (Å²) in [6.45, 7) is -0.384. The minimum absolute atomic E-state index is 0.0154. The van der Waals surface area contributed by atoms with Crippen LogP contribution in [-0.2, 0) is 4.74 Å². The van der Waals surface area contributed by atoms with Gasteiger partial charge in [0.05, 0.1) is 0 Å². The summed E-state index contributed by atoms with van der Waals surface area (Å²) in [4.78, 5) is 12.4. The molecule has 0 unspecified atom stereocenters. The molecule has 3 heterocycles. The molecule has 0 radical (unpaired) electrons. The molecule has 1 aliphatic heterocycles. The number of imidazole rings is 1. The van der Waals surface area contributed by atoms with E-state index in [4.69, 9.17) is 10.5 Å². The Bertz CT molecular complexity index is 665. The first-order chi connectivity index (χ1) is 10.1. The second-order valence-corrected chi connectivity index (χ2v) is 6.25. The van der Waals surface area contributed by atoms with Gasteiger partial charge in [0.2, 0.25) is 0 Å². The first-order valence-electron chi connectivity index (χ1n) is 6.23. The van der Waals surface area contributed by atoms with Crippen LogP contribution in [0.5, 0.6) is 0 Å². The topological polar surface area (TPSA) is 140 Å². The number of nitrogen functional groups attached to an aromatic ring is 1. The predicted molar refractivity (Wildman–Crippen MR) is 74.0 cm³/mol. The third kappa shape index (κ3) is 2.20. The molecular formula is C11H15N5O4Se. The molecule has 3 rings (SSSR count). The van der Waals surface area contributed by atoms with Crippen molar-refractivity contribution in [3.63, 3.8) is 0 Å². The van der Waals surface area contributed by atoms with Crippen molar-refractivity contribution in [3.8, 4) is 0 Å². The van der Waals surface area contributed by atoms with Crippen molar-refractivity contribution < 1.29 is 20.1 Å². The second kappa shape index (κ2) is 5.48. The van der Waals surface area contributed by atoms with Crippen molar-refractivity contribution in [3.05, 3.63) is 6.33 Å². The van der Waals surface area contributed by atoms with E-state index < -0.39 is 24.5 Å². The molecule has 0 aliphatic carbocycles. The van der Waals surface area contributed by atoms with Gasteiger partial charge in [0.25, 0.3) is 0 Å². The second-order valence-electron chi connectivity index (χ2n) is 4.63. The maximum absolute atomic E-state index is 10.2. The summed E-state index contributed by atoms with van der Waals surface area (Å²) < 4.78 is 7.84. The fourth-order valence-electron chi connectivity index (χ4n) is 2.37. The standard InChI is InChI=1S/C11H15N5O4Se/c1-21-11-15-5-8(12)13-3-14-9(5)16(11)10-7(19)6(18)4(2-17)20-10/h3-4,6-7,10,17-19H,2H2,1H3,(H2,12,13,14)/t4-,6-,7-,10-/m1/s1. The van der Waals surface area contributed by atoms with Gasteiger partial charge >= 0.3 is 125 Å². The van der Waals surface area contributed by atoms with Gasteiger partial charge in [-0.15, -0.1) is 0 Å². The SMILES string of the molecule is C[Se]c1nc2c(N)ncnc2n1[C@@H]1O[C@H](CO)[C@@H](O)[C@H]1O. The summed E-state index contributed by atoms with van der Waals surface area (Å²) in [5.74, 6) is 2.20. The number of rotatable bonds is 3. The molecule has 4 atom stereocenters. The van der Waals surface area contributed by atoms with Crippen molar-refractivity contribution in [1.29, 1.82) is 0 Å². The molecule has 1 saturated heterocycles. The van der Waals surface area contributed by atoms with Gasteiger partial charge in [-0.1, -0.05) is 0 Å². The Labute approximate surface area is 125 Å². The molecule has 2 aromatic rings. The van der Waals surface area contributed by atoms with Gasteiger partial charge in [-0.05, 0) is 0 Å². The van der Waals surface area contributed by atoms with Gasteiger partial charge in [0.1, 0.15) is 0 Å². The molecule has 0 saturated carbocycles. The Morgan fingerprint density at radius 2 is 2.14 bits per heavy atom. The molecule has 0 bridgehead atoms. The summed E-state index contributed by atoms with van der Waals surface area (Å²) in [7, 11) is 0. The minimum atomic E-state index is -1.18. The molecule has 1 aliphatic rings. The third-order valence-corrected chi connectivity index (χ3v) is 4.80. The molecule has 9 nitrogen and oxygen atoms in total. The van der Waals surface area contributed by atoms with E-state index in [-0.39, 0.29) is 27.4 Å². The van der Waals surface area contributed by atoms with Gasteiger partial charge in [0, 0.05) is 0 Å². The summed E-state index contributed by atoms with van der Waals surface area (Å²) in [5, 5.41) is 29.3. The van der Waals surface area contributed by atoms with Gasteiger partial charge in [-0.25, -0.2) is 0 Å². The van der Waals surface area contributed by atoms with E-state index >= 15 is 0 Å². The Morgan fingerprint density at radius 1 is 1.38 bits per heavy atom. The number of hydrogen-bond acceptors (Lipinski definition) is 8. The summed E-state index contributed by atoms with van der Waals surface area (Å²) in [6.07, 6.45) is -2.76. The number of nitrogens with two attached hydrogens (primary N) is 1. The summed E-state index contributed by atoms with van der Waals surface area (Å²) in [5.41, 5.74) is 6.67. The molecule has 114 valence electrons. The van der Waals surface area contributed by atoms with Crippen LogP contribution in [0, 0.1) is 0 Å². The fraction of sp³-hybridized carbons (Fsp3) is 0.545. The Kier molecular flexibility index (Phi) is 3.82. The maximum atomic E-state index is 10.2. The van der Waals surface area contributed by atoms with Crippen LogP contribution in [0.15, 0.2) is 6.33 Å². The first kappa shape index (κ1) is 14.6. The van der Waals surface area contributed by atoms with Crippen LogP contribution in [-0.4, -0.2) is 74.7 Å². The van der Waals surface area contributed by atoms with E-state index in [9.17, 15) is 15.3 Å². The van der Waals surface area contributed by atoms with Crippen LogP contribution in [0.4, 0.5) is 5.82 Å². The van der Waals surface area contributed by atoms with Gasteiger partial charge in [-0.2, -0.15) is 0 Å². The number of anilines is 1. The quantitative estimate of drug-likeness (QED) is 0.437. The van der Waals surface area contributed by atoms with Crippen LogP contribution in [0.25, 0.3) is 11.2 Å². The molecule has 0 spiro atoms. The van der Waals surface area contributed by atoms with E-state index in [0.717, 1.165) is 0 Å². The van der Waals surface area contributed by atoms with Crippen molar-refractivity contribution in [1.82, 2.24) is 19.5 Å². The fourth-order valence-corrected chi connectivity index (χ4v) is 3.57. The average Bonchev–Trinajstić information content (AvgIpc) is 2.99. The molecule has 10 heteroatoms. The zero-order chi connectivity index (χ0) is 15.1. The molecule has 0 amide bonds. The Balaban J connectivity index is 2.14. The van der Waals surface area contributed by atoms with Crippen molar-refractivity contribution in [2.75, 3.05) is 12.3 Å². The molecule has 0 aromatic carbocycles. The van der Waals surface area contributed by atoms with Crippen LogP contribution < -0.4 is 10.5 Å². The van der Waals surface area contributed by atoms with E-state index in [1.807, 2.05) is 5.82 Å². The van der Waals surface area contributed by atoms with Crippen LogP contribution in [0.3, 0.4) is 0 Å². The van der Waals surface area contributed by atoms with Crippen molar-refractivity contribution in [2.24, 2.45) is 0 Å². The molecule has 2 aromatic heterocycles. The molecule has 1 fully saturated rings. The number of fused-ring (bicyclic) bond motifs is 1. The number of aromatic nitrogens is 4. The first-order valence-corrected chi connectivity index (χ1v) is 8.80. The van der Waals surface area contributed by atoms with Crippen molar-refractivity contribution in [2.45, 2.75) is 30.4 Å². The molecular weight excluding hydrogens is 345 g/mol. The Morgan fingerprint density at radius 3 is 2.76 bits per heavy atom. The van der Waals surface area contributed by atoms with E-state index in [1.165, 1.54) is 6.33 Å².